The van der Waals surface area contributed by atoms with Gasteiger partial charge in [0.15, 0.2) is 0 Å². The van der Waals surface area contributed by atoms with E-state index in [1.807, 2.05) is 55.4 Å². The molecule has 0 saturated carbocycles. The number of benzene rings is 3. The van der Waals surface area contributed by atoms with Crippen LogP contribution in [0.5, 0.6) is 5.75 Å². The summed E-state index contributed by atoms with van der Waals surface area (Å²) >= 11 is 0. The zero-order valence-corrected chi connectivity index (χ0v) is 24.4. The van der Waals surface area contributed by atoms with Crippen molar-refractivity contribution in [2.75, 3.05) is 27.2 Å². The highest BCUT2D eigenvalue weighted by atomic mass is 16.5. The Kier molecular flexibility index (Phi) is 7.93. The predicted octanol–water partition coefficient (Wildman–Crippen LogP) is 3.54. The van der Waals surface area contributed by atoms with Gasteiger partial charge >= 0.3 is 0 Å². The van der Waals surface area contributed by atoms with Crippen LogP contribution in [-0.4, -0.2) is 75.9 Å². The van der Waals surface area contributed by atoms with Crippen LogP contribution in [0.15, 0.2) is 72.8 Å². The summed E-state index contributed by atoms with van der Waals surface area (Å²) in [5.74, 6) is 1.24. The van der Waals surface area contributed by atoms with Crippen LogP contribution in [0.2, 0.25) is 0 Å². The number of fused-ring (bicyclic) bond motifs is 1. The molecule has 4 atom stereocenters. The van der Waals surface area contributed by atoms with E-state index in [0.29, 0.717) is 25.4 Å². The molecule has 9 nitrogen and oxygen atoms in total. The first-order chi connectivity index (χ1) is 20.4. The average Bonchev–Trinajstić information content (AvgIpc) is 3.73. The second-order valence-corrected chi connectivity index (χ2v) is 11.7. The van der Waals surface area contributed by atoms with Gasteiger partial charge in [0, 0.05) is 26.7 Å². The molecule has 0 unspecified atom stereocenters. The van der Waals surface area contributed by atoms with Gasteiger partial charge in [-0.3, -0.25) is 14.5 Å². The van der Waals surface area contributed by atoms with Crippen LogP contribution in [0.1, 0.15) is 35.4 Å². The van der Waals surface area contributed by atoms with Gasteiger partial charge in [-0.1, -0.05) is 53.7 Å². The van der Waals surface area contributed by atoms with Crippen molar-refractivity contribution in [3.8, 4) is 5.75 Å². The van der Waals surface area contributed by atoms with Crippen LogP contribution in [0.4, 0.5) is 0 Å². The number of hydrogen-bond donors (Lipinski definition) is 1. The quantitative estimate of drug-likeness (QED) is 0.351. The lowest BCUT2D eigenvalue weighted by Crippen LogP contribution is -2.51. The molecule has 1 aromatic heterocycles. The van der Waals surface area contributed by atoms with Crippen LogP contribution in [-0.2, 0) is 29.6 Å². The predicted molar refractivity (Wildman–Crippen MR) is 161 cm³/mol. The summed E-state index contributed by atoms with van der Waals surface area (Å²) in [6.45, 7) is 1.76. The Hall–Kier alpha value is -4.24. The number of aryl methyl sites for hydroxylation is 1. The van der Waals surface area contributed by atoms with E-state index >= 15 is 0 Å². The molecular formula is C33H38N6O3. The standard InChI is InChI=1S/C33H38N6O3/c1-37-21-26(25-7-5-4-6-8-25)18-31(37)33(41)39-20-24(15-22-9-12-27(42-3)13-10-22)17-30(39)32(40)34-19-23-11-14-29-28(16-23)35-36-38(29)2/h4-14,16,24,26,30-31H,15,17-21H2,1-3H3,(H,34,40)/t24-,26-,30+,31-/m1/s1. The minimum atomic E-state index is -0.509. The summed E-state index contributed by atoms with van der Waals surface area (Å²) in [4.78, 5) is 31.8. The number of likely N-dealkylation sites (tertiary alicyclic amines) is 2. The van der Waals surface area contributed by atoms with Crippen LogP contribution in [0.3, 0.4) is 0 Å². The Balaban J connectivity index is 1.18. The maximum absolute atomic E-state index is 14.1. The average molecular weight is 567 g/mol. The van der Waals surface area contributed by atoms with Gasteiger partial charge in [-0.25, -0.2) is 4.68 Å². The summed E-state index contributed by atoms with van der Waals surface area (Å²) in [6, 6.07) is 23.6. The second kappa shape index (κ2) is 11.9. The number of carbonyl (C=O) groups is 2. The molecule has 2 saturated heterocycles. The fraction of sp³-hybridized carbons (Fsp3) is 0.394. The van der Waals surface area contributed by atoms with Crippen molar-refractivity contribution < 1.29 is 14.3 Å². The van der Waals surface area contributed by atoms with Gasteiger partial charge in [0.05, 0.1) is 18.7 Å². The number of carbonyl (C=O) groups excluding carboxylic acids is 2. The van der Waals surface area contributed by atoms with E-state index in [-0.39, 0.29) is 23.8 Å². The molecule has 0 radical (unpaired) electrons. The van der Waals surface area contributed by atoms with Gasteiger partial charge in [0.25, 0.3) is 0 Å². The van der Waals surface area contributed by atoms with Gasteiger partial charge in [-0.15, -0.1) is 5.10 Å². The van der Waals surface area contributed by atoms with Crippen molar-refractivity contribution >= 4 is 22.8 Å². The molecule has 3 aromatic carbocycles. The van der Waals surface area contributed by atoms with E-state index in [1.54, 1.807) is 11.8 Å². The fourth-order valence-electron chi connectivity index (χ4n) is 6.61. The van der Waals surface area contributed by atoms with Crippen molar-refractivity contribution in [1.82, 2.24) is 30.1 Å². The molecule has 3 heterocycles. The number of amides is 2. The minimum Gasteiger partial charge on any atom is -0.497 e. The number of nitrogens with one attached hydrogen (secondary N) is 1. The highest BCUT2D eigenvalue weighted by molar-refractivity contribution is 5.90. The van der Waals surface area contributed by atoms with E-state index < -0.39 is 6.04 Å². The molecule has 9 heteroatoms. The van der Waals surface area contributed by atoms with Crippen LogP contribution >= 0.6 is 0 Å². The molecule has 0 spiro atoms. The third-order valence-corrected chi connectivity index (χ3v) is 8.90. The van der Waals surface area contributed by atoms with Crippen molar-refractivity contribution in [3.05, 3.63) is 89.5 Å². The molecule has 218 valence electrons. The molecule has 6 rings (SSSR count). The Labute approximate surface area is 246 Å². The third kappa shape index (κ3) is 5.74. The maximum atomic E-state index is 14.1. The lowest BCUT2D eigenvalue weighted by molar-refractivity contribution is -0.141. The minimum absolute atomic E-state index is 0.0503. The van der Waals surface area contributed by atoms with E-state index in [4.69, 9.17) is 4.74 Å². The highest BCUT2D eigenvalue weighted by Gasteiger charge is 2.45. The fourth-order valence-corrected chi connectivity index (χ4v) is 6.61. The summed E-state index contributed by atoms with van der Waals surface area (Å²) in [5.41, 5.74) is 5.11. The zero-order chi connectivity index (χ0) is 29.2. The molecule has 2 fully saturated rings. The van der Waals surface area contributed by atoms with Crippen molar-refractivity contribution in [2.45, 2.75) is 43.8 Å². The third-order valence-electron chi connectivity index (χ3n) is 8.90. The topological polar surface area (TPSA) is 92.6 Å². The molecule has 0 aliphatic carbocycles. The first-order valence-electron chi connectivity index (χ1n) is 14.6. The monoisotopic (exact) mass is 566 g/mol. The summed E-state index contributed by atoms with van der Waals surface area (Å²) in [6.07, 6.45) is 2.19. The van der Waals surface area contributed by atoms with Crippen molar-refractivity contribution in [3.63, 3.8) is 0 Å². The number of likely N-dealkylation sites (N-methyl/N-ethyl adjacent to an activating group) is 1. The summed E-state index contributed by atoms with van der Waals surface area (Å²) in [5, 5.41) is 11.4. The molecular weight excluding hydrogens is 528 g/mol. The molecule has 42 heavy (non-hydrogen) atoms. The Morgan fingerprint density at radius 3 is 2.45 bits per heavy atom. The SMILES string of the molecule is COc1ccc(C[C@@H]2C[C@@H](C(=O)NCc3ccc4c(c3)nnn4C)N(C(=O)[C@H]3C[C@@H](c4ccccc4)CN3C)C2)cc1. The number of nitrogens with zero attached hydrogens (tertiary/aromatic N) is 5. The van der Waals surface area contributed by atoms with Gasteiger partial charge in [-0.2, -0.15) is 0 Å². The van der Waals surface area contributed by atoms with Gasteiger partial charge in [-0.05, 0) is 79.1 Å². The number of aromatic nitrogens is 3. The first kappa shape index (κ1) is 27.9. The Morgan fingerprint density at radius 1 is 0.929 bits per heavy atom. The molecule has 2 aliphatic rings. The summed E-state index contributed by atoms with van der Waals surface area (Å²) in [7, 11) is 5.54. The van der Waals surface area contributed by atoms with E-state index in [0.717, 1.165) is 41.7 Å². The summed E-state index contributed by atoms with van der Waals surface area (Å²) < 4.78 is 7.04. The van der Waals surface area contributed by atoms with Crippen LogP contribution < -0.4 is 10.1 Å². The van der Waals surface area contributed by atoms with Gasteiger partial charge in [0.1, 0.15) is 17.3 Å². The molecule has 2 aliphatic heterocycles. The van der Waals surface area contributed by atoms with Gasteiger partial charge in [0.2, 0.25) is 11.8 Å². The number of ether oxygens (including phenoxy) is 1. The smallest absolute Gasteiger partial charge is 0.243 e. The lowest BCUT2D eigenvalue weighted by atomic mass is 9.96. The molecule has 4 aromatic rings. The lowest BCUT2D eigenvalue weighted by Gasteiger charge is -2.29. The highest BCUT2D eigenvalue weighted by Crippen LogP contribution is 2.34. The number of methoxy groups -OCH3 is 1. The van der Waals surface area contributed by atoms with Crippen LogP contribution in [0.25, 0.3) is 11.0 Å². The zero-order valence-electron chi connectivity index (χ0n) is 24.4. The second-order valence-electron chi connectivity index (χ2n) is 11.7. The largest absolute Gasteiger partial charge is 0.497 e. The maximum Gasteiger partial charge on any atom is 0.243 e. The number of hydrogen-bond acceptors (Lipinski definition) is 6. The van der Waals surface area contributed by atoms with Crippen molar-refractivity contribution in [2.24, 2.45) is 13.0 Å². The van der Waals surface area contributed by atoms with Crippen LogP contribution in [0, 0.1) is 5.92 Å². The molecule has 0 bridgehead atoms. The molecule has 2 amide bonds. The Bertz CT molecular complexity index is 1550. The van der Waals surface area contributed by atoms with E-state index in [1.165, 1.54) is 11.1 Å². The first-order valence-corrected chi connectivity index (χ1v) is 14.6. The number of rotatable bonds is 8. The van der Waals surface area contributed by atoms with E-state index in [9.17, 15) is 9.59 Å². The van der Waals surface area contributed by atoms with Gasteiger partial charge < -0.3 is 15.0 Å². The Morgan fingerprint density at radius 2 is 1.69 bits per heavy atom. The van der Waals surface area contributed by atoms with E-state index in [2.05, 4.69) is 56.9 Å². The molecule has 1 N–H and O–H groups in total. The normalized spacial score (nSPS) is 22.5. The van der Waals surface area contributed by atoms with Crippen molar-refractivity contribution in [1.29, 1.82) is 0 Å².